The molecule has 0 spiro atoms. The topological polar surface area (TPSA) is 70.2 Å². The summed E-state index contributed by atoms with van der Waals surface area (Å²) in [5.74, 6) is -0.393. The van der Waals surface area contributed by atoms with E-state index in [4.69, 9.17) is 0 Å². The van der Waals surface area contributed by atoms with Gasteiger partial charge in [0.05, 0.1) is 16.7 Å². The average Bonchev–Trinajstić information content (AvgIpc) is 3.39. The number of carbonyl (C=O) groups excluding carboxylic acids is 2. The van der Waals surface area contributed by atoms with Crippen LogP contribution in [0.1, 0.15) is 63.8 Å². The van der Waals surface area contributed by atoms with E-state index in [1.807, 2.05) is 64.1 Å². The molecule has 174 valence electrons. The molecule has 2 N–H and O–H groups in total. The van der Waals surface area contributed by atoms with Crippen molar-refractivity contribution in [1.29, 1.82) is 0 Å². The number of allylic oxidation sites excluding steroid dienone is 3. The van der Waals surface area contributed by atoms with Crippen LogP contribution >= 0.6 is 0 Å². The fourth-order valence-corrected chi connectivity index (χ4v) is 6.71. The Labute approximate surface area is 200 Å². The maximum atomic E-state index is 14.7. The highest BCUT2D eigenvalue weighted by Crippen LogP contribution is 2.60. The third kappa shape index (κ3) is 2.71. The smallest absolute Gasteiger partial charge is 0.156 e. The predicted octanol–water partition coefficient (Wildman–Crippen LogP) is 6.26. The number of carbonyl (C=O) groups is 2. The minimum absolute atomic E-state index is 0.0550. The summed E-state index contributed by atoms with van der Waals surface area (Å²) in [6.45, 7) is 14.1. The summed E-state index contributed by atoms with van der Waals surface area (Å²) in [6, 6.07) is 15.1. The van der Waals surface area contributed by atoms with E-state index in [9.17, 15) is 14.7 Å². The van der Waals surface area contributed by atoms with Gasteiger partial charge in [-0.2, -0.15) is 0 Å². The number of phenolic OH excluding ortho intramolecular Hbond substituents is 1. The first kappa shape index (κ1) is 22.4. The molecule has 0 saturated heterocycles. The molecule has 0 aliphatic heterocycles. The standard InChI is InChI=1S/C30H31NO3/c1-16(2)24-17(3)15-23(33)26(24)30(6)25-21-9-7-8-10-22(21)31-27(25)29(5,28(30)34)18(4)19-11-13-20(32)14-12-19/h7-14,18,26,31-32H,1,15H2,2-6H3. The van der Waals surface area contributed by atoms with Gasteiger partial charge in [-0.1, -0.05) is 55.0 Å². The zero-order valence-corrected chi connectivity index (χ0v) is 20.5. The van der Waals surface area contributed by atoms with Crippen molar-refractivity contribution >= 4 is 22.5 Å². The lowest BCUT2D eigenvalue weighted by molar-refractivity contribution is -0.134. The number of H-pyrrole nitrogens is 1. The molecule has 1 heterocycles. The summed E-state index contributed by atoms with van der Waals surface area (Å²) in [6.07, 6.45) is 0.359. The molecule has 0 amide bonds. The van der Waals surface area contributed by atoms with Crippen molar-refractivity contribution in [2.75, 3.05) is 0 Å². The lowest BCUT2D eigenvalue weighted by Crippen LogP contribution is -2.47. The summed E-state index contributed by atoms with van der Waals surface area (Å²) in [7, 11) is 0. The van der Waals surface area contributed by atoms with Crippen molar-refractivity contribution in [3.63, 3.8) is 0 Å². The Kier molecular flexibility index (Phi) is 4.81. The van der Waals surface area contributed by atoms with E-state index < -0.39 is 16.7 Å². The number of ketones is 2. The van der Waals surface area contributed by atoms with Gasteiger partial charge < -0.3 is 10.1 Å². The second-order valence-corrected chi connectivity index (χ2v) is 10.5. The number of rotatable bonds is 4. The van der Waals surface area contributed by atoms with E-state index >= 15 is 0 Å². The van der Waals surface area contributed by atoms with Gasteiger partial charge in [-0.3, -0.25) is 9.59 Å². The molecule has 34 heavy (non-hydrogen) atoms. The molecule has 2 aliphatic rings. The summed E-state index contributed by atoms with van der Waals surface area (Å²) in [5, 5.41) is 10.8. The lowest BCUT2D eigenvalue weighted by Gasteiger charge is -2.37. The van der Waals surface area contributed by atoms with Gasteiger partial charge in [-0.15, -0.1) is 0 Å². The zero-order chi connectivity index (χ0) is 24.6. The van der Waals surface area contributed by atoms with Crippen LogP contribution < -0.4 is 0 Å². The Bertz CT molecular complexity index is 1410. The molecule has 0 radical (unpaired) electrons. The summed E-state index contributed by atoms with van der Waals surface area (Å²) >= 11 is 0. The zero-order valence-electron chi connectivity index (χ0n) is 20.5. The van der Waals surface area contributed by atoms with Crippen LogP contribution in [-0.2, 0) is 20.4 Å². The van der Waals surface area contributed by atoms with Crippen molar-refractivity contribution in [2.45, 2.75) is 57.8 Å². The van der Waals surface area contributed by atoms with E-state index in [2.05, 4.69) is 18.5 Å². The first-order valence-corrected chi connectivity index (χ1v) is 11.9. The van der Waals surface area contributed by atoms with Crippen molar-refractivity contribution in [3.05, 3.63) is 88.7 Å². The Morgan fingerprint density at radius 1 is 1.12 bits per heavy atom. The fraction of sp³-hybridized carbons (Fsp3) is 0.333. The molecule has 4 unspecified atom stereocenters. The van der Waals surface area contributed by atoms with Crippen LogP contribution in [0.25, 0.3) is 10.9 Å². The Hall–Kier alpha value is -3.40. The van der Waals surface area contributed by atoms with E-state index in [1.54, 1.807) is 12.1 Å². The number of aromatic nitrogens is 1. The maximum Gasteiger partial charge on any atom is 0.156 e. The third-order valence-electron chi connectivity index (χ3n) is 8.49. The molecule has 1 aromatic heterocycles. The van der Waals surface area contributed by atoms with Crippen molar-refractivity contribution in [3.8, 4) is 5.75 Å². The van der Waals surface area contributed by atoms with Crippen LogP contribution in [0.3, 0.4) is 0 Å². The Balaban J connectivity index is 1.81. The van der Waals surface area contributed by atoms with Crippen LogP contribution in [0, 0.1) is 5.92 Å². The van der Waals surface area contributed by atoms with Crippen molar-refractivity contribution < 1.29 is 14.7 Å². The highest BCUT2D eigenvalue weighted by Gasteiger charge is 2.64. The molecule has 2 aliphatic carbocycles. The van der Waals surface area contributed by atoms with E-state index in [0.717, 1.165) is 44.4 Å². The van der Waals surface area contributed by atoms with E-state index in [-0.39, 0.29) is 23.2 Å². The molecule has 0 saturated carbocycles. The van der Waals surface area contributed by atoms with Crippen molar-refractivity contribution in [2.24, 2.45) is 5.92 Å². The minimum atomic E-state index is -1.02. The van der Waals surface area contributed by atoms with Gasteiger partial charge in [0.1, 0.15) is 11.5 Å². The number of phenols is 1. The average molecular weight is 454 g/mol. The van der Waals surface area contributed by atoms with Gasteiger partial charge in [-0.25, -0.2) is 0 Å². The summed E-state index contributed by atoms with van der Waals surface area (Å²) < 4.78 is 0. The first-order valence-electron chi connectivity index (χ1n) is 11.9. The number of hydrogen-bond donors (Lipinski definition) is 2. The van der Waals surface area contributed by atoms with Gasteiger partial charge in [0.15, 0.2) is 5.78 Å². The highest BCUT2D eigenvalue weighted by molar-refractivity contribution is 6.13. The van der Waals surface area contributed by atoms with Crippen LogP contribution in [0.4, 0.5) is 0 Å². The van der Waals surface area contributed by atoms with Crippen LogP contribution in [-0.4, -0.2) is 21.7 Å². The monoisotopic (exact) mass is 453 g/mol. The molecule has 4 heteroatoms. The minimum Gasteiger partial charge on any atom is -0.508 e. The van der Waals surface area contributed by atoms with Crippen LogP contribution in [0.15, 0.2) is 71.8 Å². The number of para-hydroxylation sites is 1. The Morgan fingerprint density at radius 2 is 1.76 bits per heavy atom. The summed E-state index contributed by atoms with van der Waals surface area (Å²) in [5.41, 5.74) is 4.66. The number of Topliss-reactive ketones (excluding diaryl/α,β-unsaturated/α-hetero) is 2. The van der Waals surface area contributed by atoms with Gasteiger partial charge in [0.2, 0.25) is 0 Å². The molecule has 3 aromatic rings. The number of aromatic hydroxyl groups is 1. The van der Waals surface area contributed by atoms with Crippen LogP contribution in [0.2, 0.25) is 0 Å². The quantitative estimate of drug-likeness (QED) is 0.490. The second-order valence-electron chi connectivity index (χ2n) is 10.5. The molecular formula is C30H31NO3. The van der Waals surface area contributed by atoms with Gasteiger partial charge in [0.25, 0.3) is 0 Å². The molecule has 4 atom stereocenters. The number of benzene rings is 2. The molecular weight excluding hydrogens is 422 g/mol. The highest BCUT2D eigenvalue weighted by atomic mass is 16.3. The van der Waals surface area contributed by atoms with E-state index in [1.165, 1.54) is 0 Å². The Morgan fingerprint density at radius 3 is 2.41 bits per heavy atom. The second kappa shape index (κ2) is 7.30. The lowest BCUT2D eigenvalue weighted by atomic mass is 9.62. The van der Waals surface area contributed by atoms with Gasteiger partial charge in [-0.05, 0) is 68.5 Å². The normalized spacial score (nSPS) is 27.5. The molecule has 0 bridgehead atoms. The number of nitrogens with one attached hydrogen (secondary N) is 1. The van der Waals surface area contributed by atoms with Crippen molar-refractivity contribution in [1.82, 2.24) is 4.98 Å². The maximum absolute atomic E-state index is 14.7. The molecule has 0 fully saturated rings. The third-order valence-corrected chi connectivity index (χ3v) is 8.49. The van der Waals surface area contributed by atoms with E-state index in [0.29, 0.717) is 6.42 Å². The molecule has 2 aromatic carbocycles. The summed E-state index contributed by atoms with van der Waals surface area (Å²) in [4.78, 5) is 31.8. The number of fused-ring (bicyclic) bond motifs is 3. The van der Waals surface area contributed by atoms with Gasteiger partial charge >= 0.3 is 0 Å². The largest absolute Gasteiger partial charge is 0.508 e. The van der Waals surface area contributed by atoms with Gasteiger partial charge in [0, 0.05) is 23.0 Å². The molecule has 4 nitrogen and oxygen atoms in total. The molecule has 5 rings (SSSR count). The number of hydrogen-bond acceptors (Lipinski definition) is 3. The fourth-order valence-electron chi connectivity index (χ4n) is 6.71. The SMILES string of the molecule is C=C(C)C1=C(C)CC(=O)C1C1(C)C(=O)C(C)(C(C)c2ccc(O)cc2)c2[nH]c3ccccc3c21. The predicted molar refractivity (Wildman–Crippen MR) is 135 cm³/mol. The van der Waals surface area contributed by atoms with Crippen LogP contribution in [0.5, 0.6) is 5.75 Å². The number of aromatic amines is 1. The first-order chi connectivity index (χ1) is 16.0.